The molecule has 2 rings (SSSR count). The van der Waals surface area contributed by atoms with Gasteiger partial charge in [-0.25, -0.2) is 0 Å². The average Bonchev–Trinajstić information content (AvgIpc) is 2.72. The summed E-state index contributed by atoms with van der Waals surface area (Å²) in [5, 5.41) is 3.34. The van der Waals surface area contributed by atoms with Gasteiger partial charge in [0.05, 0.1) is 6.54 Å². The minimum Gasteiger partial charge on any atom is -0.377 e. The predicted molar refractivity (Wildman–Crippen MR) is 102 cm³/mol. The van der Waals surface area contributed by atoms with Gasteiger partial charge in [0.2, 0.25) is 0 Å². The summed E-state index contributed by atoms with van der Waals surface area (Å²) in [6, 6.07) is 6.30. The van der Waals surface area contributed by atoms with Crippen LogP contribution in [0.4, 0.5) is 5.69 Å². The summed E-state index contributed by atoms with van der Waals surface area (Å²) in [4.78, 5) is 12.7. The fourth-order valence-electron chi connectivity index (χ4n) is 3.80. The lowest BCUT2D eigenvalue weighted by molar-refractivity contribution is 0.101. The van der Waals surface area contributed by atoms with E-state index >= 15 is 0 Å². The maximum atomic E-state index is 12.7. The number of hydrogen-bond acceptors (Lipinski definition) is 2. The molecule has 2 aromatic rings. The Hall–Kier alpha value is -2.03. The number of anilines is 1. The Kier molecular flexibility index (Phi) is 4.93. The molecular formula is C21H30N2O. The number of carbonyl (C=O) groups excluding carboxylic acids is 1. The van der Waals surface area contributed by atoms with Gasteiger partial charge in [0, 0.05) is 28.2 Å². The first-order chi connectivity index (χ1) is 11.0. The molecular weight excluding hydrogens is 296 g/mol. The number of carbonyl (C=O) groups is 1. The van der Waals surface area contributed by atoms with Crippen LogP contribution in [0.2, 0.25) is 0 Å². The van der Waals surface area contributed by atoms with Crippen LogP contribution in [0.15, 0.2) is 18.2 Å². The van der Waals surface area contributed by atoms with Gasteiger partial charge < -0.3 is 9.88 Å². The molecule has 0 saturated heterocycles. The van der Waals surface area contributed by atoms with Crippen molar-refractivity contribution >= 4 is 11.5 Å². The summed E-state index contributed by atoms with van der Waals surface area (Å²) in [6.07, 6.45) is 0. The quantitative estimate of drug-likeness (QED) is 0.795. The third-order valence-corrected chi connectivity index (χ3v) is 4.51. The Morgan fingerprint density at radius 1 is 1.00 bits per heavy atom. The normalized spacial score (nSPS) is 11.7. The van der Waals surface area contributed by atoms with Crippen LogP contribution in [0.3, 0.4) is 0 Å². The summed E-state index contributed by atoms with van der Waals surface area (Å²) in [5.41, 5.74) is 7.65. The summed E-state index contributed by atoms with van der Waals surface area (Å²) in [5.74, 6) is 0.137. The number of aromatic nitrogens is 1. The number of Topliss-reactive ketones (excluding diaryl/α,β-unsaturated/α-hetero) is 1. The van der Waals surface area contributed by atoms with Crippen molar-refractivity contribution in [2.45, 2.75) is 60.9 Å². The van der Waals surface area contributed by atoms with Crippen molar-refractivity contribution in [1.82, 2.24) is 4.57 Å². The Labute approximate surface area is 146 Å². The first-order valence-electron chi connectivity index (χ1n) is 8.56. The van der Waals surface area contributed by atoms with Gasteiger partial charge in [0.25, 0.3) is 0 Å². The fourth-order valence-corrected chi connectivity index (χ4v) is 3.80. The molecule has 0 aliphatic heterocycles. The highest BCUT2D eigenvalue weighted by molar-refractivity contribution is 6.00. The molecule has 1 heterocycles. The Bertz CT molecular complexity index is 753. The van der Waals surface area contributed by atoms with Gasteiger partial charge >= 0.3 is 0 Å². The highest BCUT2D eigenvalue weighted by Gasteiger charge is 2.22. The minimum absolute atomic E-state index is 0.0236. The lowest BCUT2D eigenvalue weighted by Crippen LogP contribution is -2.25. The van der Waals surface area contributed by atoms with E-state index in [1.165, 1.54) is 16.7 Å². The molecule has 130 valence electrons. The summed E-state index contributed by atoms with van der Waals surface area (Å²) >= 11 is 0. The van der Waals surface area contributed by atoms with Gasteiger partial charge in [0.1, 0.15) is 0 Å². The van der Waals surface area contributed by atoms with Gasteiger partial charge in [-0.2, -0.15) is 0 Å². The van der Waals surface area contributed by atoms with E-state index in [1.54, 1.807) is 0 Å². The van der Waals surface area contributed by atoms with Crippen molar-refractivity contribution in [2.75, 3.05) is 11.9 Å². The monoisotopic (exact) mass is 326 g/mol. The number of rotatable bonds is 4. The third-order valence-electron chi connectivity index (χ3n) is 4.51. The molecule has 0 aliphatic carbocycles. The molecule has 0 aliphatic rings. The number of nitrogens with one attached hydrogen (secondary N) is 1. The highest BCUT2D eigenvalue weighted by Crippen LogP contribution is 2.26. The predicted octanol–water partition coefficient (Wildman–Crippen LogP) is 5.08. The van der Waals surface area contributed by atoms with Crippen LogP contribution in [-0.2, 0) is 5.54 Å². The van der Waals surface area contributed by atoms with Gasteiger partial charge in [-0.05, 0) is 72.6 Å². The summed E-state index contributed by atoms with van der Waals surface area (Å²) in [7, 11) is 0. The Morgan fingerprint density at radius 2 is 1.54 bits per heavy atom. The van der Waals surface area contributed by atoms with E-state index in [-0.39, 0.29) is 11.3 Å². The maximum absolute atomic E-state index is 12.7. The summed E-state index contributed by atoms with van der Waals surface area (Å²) in [6.45, 7) is 17.2. The van der Waals surface area contributed by atoms with Gasteiger partial charge in [-0.15, -0.1) is 0 Å². The van der Waals surface area contributed by atoms with E-state index in [1.807, 2.05) is 13.0 Å². The van der Waals surface area contributed by atoms with Crippen LogP contribution >= 0.6 is 0 Å². The average molecular weight is 326 g/mol. The van der Waals surface area contributed by atoms with Crippen LogP contribution in [-0.4, -0.2) is 16.9 Å². The van der Waals surface area contributed by atoms with Crippen molar-refractivity contribution in [3.8, 4) is 0 Å². The van der Waals surface area contributed by atoms with Crippen molar-refractivity contribution in [1.29, 1.82) is 0 Å². The molecule has 0 radical (unpaired) electrons. The second-order valence-corrected chi connectivity index (χ2v) is 7.84. The first-order valence-corrected chi connectivity index (χ1v) is 8.56. The second kappa shape index (κ2) is 6.46. The molecule has 0 saturated carbocycles. The Balaban J connectivity index is 2.23. The van der Waals surface area contributed by atoms with Gasteiger partial charge in [0.15, 0.2) is 5.78 Å². The van der Waals surface area contributed by atoms with Gasteiger partial charge in [-0.1, -0.05) is 17.7 Å². The molecule has 3 nitrogen and oxygen atoms in total. The van der Waals surface area contributed by atoms with E-state index in [2.05, 4.69) is 70.5 Å². The standard InChI is InChI=1S/C21H30N2O/c1-13-9-14(2)20(15(3)10-13)22-12-19(24)18-11-16(4)23(17(18)5)21(6,7)8/h9-11,22H,12H2,1-8H3. The van der Waals surface area contributed by atoms with Crippen LogP contribution < -0.4 is 5.32 Å². The van der Waals surface area contributed by atoms with Crippen LogP contribution in [0, 0.1) is 34.6 Å². The fraction of sp³-hybridized carbons (Fsp3) is 0.476. The molecule has 0 bridgehead atoms. The SMILES string of the molecule is Cc1cc(C)c(NCC(=O)c2cc(C)n(C(C)(C)C)c2C)c(C)c1. The van der Waals surface area contributed by atoms with Crippen LogP contribution in [0.25, 0.3) is 0 Å². The smallest absolute Gasteiger partial charge is 0.183 e. The molecule has 0 atom stereocenters. The number of hydrogen-bond donors (Lipinski definition) is 1. The molecule has 0 unspecified atom stereocenters. The summed E-state index contributed by atoms with van der Waals surface area (Å²) < 4.78 is 2.24. The number of aryl methyl sites for hydroxylation is 4. The van der Waals surface area contributed by atoms with E-state index in [9.17, 15) is 4.79 Å². The van der Waals surface area contributed by atoms with Crippen molar-refractivity contribution < 1.29 is 4.79 Å². The van der Waals surface area contributed by atoms with E-state index < -0.39 is 0 Å². The van der Waals surface area contributed by atoms with Gasteiger partial charge in [-0.3, -0.25) is 4.79 Å². The van der Waals surface area contributed by atoms with E-state index in [4.69, 9.17) is 0 Å². The molecule has 24 heavy (non-hydrogen) atoms. The zero-order chi connectivity index (χ0) is 18.2. The highest BCUT2D eigenvalue weighted by atomic mass is 16.1. The second-order valence-electron chi connectivity index (χ2n) is 7.84. The number of benzene rings is 1. The maximum Gasteiger partial charge on any atom is 0.183 e. The van der Waals surface area contributed by atoms with Crippen molar-refractivity contribution in [3.05, 3.63) is 51.8 Å². The number of nitrogens with zero attached hydrogens (tertiary/aromatic N) is 1. The zero-order valence-electron chi connectivity index (χ0n) is 16.3. The van der Waals surface area contributed by atoms with Crippen LogP contribution in [0.1, 0.15) is 59.2 Å². The minimum atomic E-state index is -0.0236. The zero-order valence-corrected chi connectivity index (χ0v) is 16.3. The topological polar surface area (TPSA) is 34.0 Å². The Morgan fingerprint density at radius 3 is 2.00 bits per heavy atom. The third kappa shape index (κ3) is 3.55. The largest absolute Gasteiger partial charge is 0.377 e. The van der Waals surface area contributed by atoms with E-state index in [0.717, 1.165) is 22.6 Å². The van der Waals surface area contributed by atoms with Crippen molar-refractivity contribution in [3.63, 3.8) is 0 Å². The number of ketones is 1. The van der Waals surface area contributed by atoms with Crippen LogP contribution in [0.5, 0.6) is 0 Å². The molecule has 1 N–H and O–H groups in total. The van der Waals surface area contributed by atoms with Crippen molar-refractivity contribution in [2.24, 2.45) is 0 Å². The molecule has 0 spiro atoms. The first kappa shape index (κ1) is 18.3. The lowest BCUT2D eigenvalue weighted by Gasteiger charge is -2.25. The molecule has 1 aromatic heterocycles. The van der Waals surface area contributed by atoms with E-state index in [0.29, 0.717) is 6.54 Å². The molecule has 1 aromatic carbocycles. The molecule has 0 fully saturated rings. The lowest BCUT2D eigenvalue weighted by atomic mass is 10.0. The molecule has 3 heteroatoms. The molecule has 0 amide bonds.